The van der Waals surface area contributed by atoms with Gasteiger partial charge in [0, 0.05) is 6.42 Å². The fraction of sp³-hybridized carbons (Fsp3) is 0.750. The quantitative estimate of drug-likeness (QED) is 0.649. The molecular formula is C12H20O. The maximum absolute atomic E-state index is 11.6. The smallest absolute Gasteiger partial charge is 0.159 e. The van der Waals surface area contributed by atoms with Crippen LogP contribution in [0.4, 0.5) is 0 Å². The van der Waals surface area contributed by atoms with E-state index in [9.17, 15) is 4.79 Å². The number of Topliss-reactive ketones (excluding diaryl/α,β-unsaturated/α-hetero) is 1. The Kier molecular flexibility index (Phi) is 3.29. The number of allylic oxidation sites excluding steroid dienone is 2. The van der Waals surface area contributed by atoms with Gasteiger partial charge in [-0.3, -0.25) is 4.79 Å². The summed E-state index contributed by atoms with van der Waals surface area (Å²) < 4.78 is 0. The number of rotatable bonds is 3. The lowest BCUT2D eigenvalue weighted by Gasteiger charge is -2.27. The molecule has 13 heavy (non-hydrogen) atoms. The van der Waals surface area contributed by atoms with E-state index in [1.54, 1.807) is 0 Å². The van der Waals surface area contributed by atoms with Gasteiger partial charge in [0.05, 0.1) is 0 Å². The number of hydrogen-bond acceptors (Lipinski definition) is 1. The van der Waals surface area contributed by atoms with Crippen molar-refractivity contribution < 1.29 is 4.79 Å². The molecule has 0 aromatic rings. The van der Waals surface area contributed by atoms with Crippen LogP contribution in [-0.2, 0) is 4.79 Å². The van der Waals surface area contributed by atoms with Crippen molar-refractivity contribution in [3.05, 3.63) is 11.6 Å². The molecule has 0 aromatic heterocycles. The van der Waals surface area contributed by atoms with E-state index in [1.165, 1.54) is 6.42 Å². The Balaban J connectivity index is 2.57. The van der Waals surface area contributed by atoms with Crippen molar-refractivity contribution >= 4 is 5.78 Å². The van der Waals surface area contributed by atoms with Gasteiger partial charge in [-0.2, -0.15) is 0 Å². The summed E-state index contributed by atoms with van der Waals surface area (Å²) in [6.45, 7) is 6.49. The molecule has 1 rings (SSSR count). The summed E-state index contributed by atoms with van der Waals surface area (Å²) >= 11 is 0. The Morgan fingerprint density at radius 3 is 2.69 bits per heavy atom. The molecule has 0 fully saturated rings. The fourth-order valence-electron chi connectivity index (χ4n) is 1.74. The van der Waals surface area contributed by atoms with Gasteiger partial charge in [0.15, 0.2) is 5.78 Å². The maximum atomic E-state index is 11.6. The Hall–Kier alpha value is -0.590. The van der Waals surface area contributed by atoms with Crippen LogP contribution in [0.15, 0.2) is 11.6 Å². The van der Waals surface area contributed by atoms with Gasteiger partial charge in [-0.1, -0.05) is 33.3 Å². The fourth-order valence-corrected chi connectivity index (χ4v) is 1.74. The zero-order valence-corrected chi connectivity index (χ0v) is 9.02. The van der Waals surface area contributed by atoms with Crippen molar-refractivity contribution in [1.82, 2.24) is 0 Å². The molecule has 0 N–H and O–H groups in total. The summed E-state index contributed by atoms with van der Waals surface area (Å²) in [6.07, 6.45) is 7.28. The molecule has 1 aliphatic rings. The third-order valence-corrected chi connectivity index (χ3v) is 2.70. The highest BCUT2D eigenvalue weighted by Crippen LogP contribution is 2.33. The van der Waals surface area contributed by atoms with Crippen molar-refractivity contribution in [3.63, 3.8) is 0 Å². The van der Waals surface area contributed by atoms with Gasteiger partial charge >= 0.3 is 0 Å². The van der Waals surface area contributed by atoms with Crippen molar-refractivity contribution in [1.29, 1.82) is 0 Å². The summed E-state index contributed by atoms with van der Waals surface area (Å²) in [5, 5.41) is 0. The molecule has 0 unspecified atom stereocenters. The first-order valence-electron chi connectivity index (χ1n) is 5.27. The van der Waals surface area contributed by atoms with Crippen LogP contribution < -0.4 is 0 Å². The first-order valence-corrected chi connectivity index (χ1v) is 5.27. The van der Waals surface area contributed by atoms with Crippen molar-refractivity contribution in [3.8, 4) is 0 Å². The van der Waals surface area contributed by atoms with Crippen LogP contribution in [0.25, 0.3) is 0 Å². The molecule has 1 heteroatoms. The van der Waals surface area contributed by atoms with Crippen LogP contribution in [0.1, 0.15) is 52.9 Å². The second-order valence-corrected chi connectivity index (χ2v) is 4.80. The minimum atomic E-state index is 0.201. The number of carbonyl (C=O) groups is 1. The summed E-state index contributed by atoms with van der Waals surface area (Å²) in [7, 11) is 0. The molecule has 0 aliphatic heterocycles. The Morgan fingerprint density at radius 1 is 1.46 bits per heavy atom. The molecular weight excluding hydrogens is 160 g/mol. The predicted octanol–water partition coefficient (Wildman–Crippen LogP) is 3.49. The van der Waals surface area contributed by atoms with Crippen LogP contribution >= 0.6 is 0 Å². The van der Waals surface area contributed by atoms with Crippen molar-refractivity contribution in [2.45, 2.75) is 52.9 Å². The summed E-state index contributed by atoms with van der Waals surface area (Å²) in [4.78, 5) is 11.6. The van der Waals surface area contributed by atoms with E-state index in [2.05, 4.69) is 26.8 Å². The normalized spacial score (nSPS) is 21.5. The molecule has 0 saturated heterocycles. The summed E-state index contributed by atoms with van der Waals surface area (Å²) in [5.41, 5.74) is 1.29. The van der Waals surface area contributed by atoms with Crippen molar-refractivity contribution in [2.24, 2.45) is 5.41 Å². The largest absolute Gasteiger partial charge is 0.295 e. The Morgan fingerprint density at radius 2 is 2.15 bits per heavy atom. The minimum absolute atomic E-state index is 0.201. The number of hydrogen-bond donors (Lipinski definition) is 0. The Labute approximate surface area is 81.2 Å². The number of ketones is 1. The first kappa shape index (κ1) is 10.5. The zero-order valence-electron chi connectivity index (χ0n) is 9.02. The highest BCUT2D eigenvalue weighted by atomic mass is 16.1. The van der Waals surface area contributed by atoms with Gasteiger partial charge in [0.1, 0.15) is 0 Å². The molecule has 0 bridgehead atoms. The third kappa shape index (κ3) is 2.98. The maximum Gasteiger partial charge on any atom is 0.159 e. The van der Waals surface area contributed by atoms with Crippen LogP contribution in [0.2, 0.25) is 0 Å². The van der Waals surface area contributed by atoms with Crippen molar-refractivity contribution in [2.75, 3.05) is 0 Å². The molecule has 0 spiro atoms. The predicted molar refractivity (Wildman–Crippen MR) is 55.6 cm³/mol. The number of unbranched alkanes of at least 4 members (excludes halogenated alkanes) is 1. The molecule has 0 aromatic carbocycles. The average Bonchev–Trinajstić information content (AvgIpc) is 2.02. The molecule has 1 nitrogen and oxygen atoms in total. The van der Waals surface area contributed by atoms with Gasteiger partial charge in [-0.05, 0) is 30.3 Å². The zero-order chi connectivity index (χ0) is 9.90. The minimum Gasteiger partial charge on any atom is -0.295 e. The molecule has 0 atom stereocenters. The molecule has 0 radical (unpaired) electrons. The third-order valence-electron chi connectivity index (χ3n) is 2.70. The summed E-state index contributed by atoms with van der Waals surface area (Å²) in [6, 6.07) is 0. The van der Waals surface area contributed by atoms with Crippen LogP contribution in [0, 0.1) is 5.41 Å². The Bertz CT molecular complexity index is 223. The van der Waals surface area contributed by atoms with Gasteiger partial charge in [-0.25, -0.2) is 0 Å². The van der Waals surface area contributed by atoms with E-state index >= 15 is 0 Å². The second kappa shape index (κ2) is 4.08. The van der Waals surface area contributed by atoms with Crippen LogP contribution in [0.5, 0.6) is 0 Å². The van der Waals surface area contributed by atoms with Crippen LogP contribution in [-0.4, -0.2) is 5.78 Å². The van der Waals surface area contributed by atoms with Gasteiger partial charge < -0.3 is 0 Å². The van der Waals surface area contributed by atoms with E-state index in [1.807, 2.05) is 0 Å². The number of carbonyl (C=O) groups excluding carboxylic acids is 1. The molecule has 0 heterocycles. The molecule has 0 amide bonds. The van der Waals surface area contributed by atoms with E-state index < -0.39 is 0 Å². The van der Waals surface area contributed by atoms with Crippen LogP contribution in [0.3, 0.4) is 0 Å². The van der Waals surface area contributed by atoms with E-state index in [4.69, 9.17) is 0 Å². The lowest BCUT2D eigenvalue weighted by Crippen LogP contribution is -2.22. The van der Waals surface area contributed by atoms with E-state index in [-0.39, 0.29) is 5.41 Å². The first-order chi connectivity index (χ1) is 6.05. The monoisotopic (exact) mass is 180 g/mol. The van der Waals surface area contributed by atoms with Gasteiger partial charge in [-0.15, -0.1) is 0 Å². The van der Waals surface area contributed by atoms with E-state index in [0.29, 0.717) is 5.78 Å². The lowest BCUT2D eigenvalue weighted by molar-refractivity contribution is -0.118. The second-order valence-electron chi connectivity index (χ2n) is 4.80. The standard InChI is InChI=1S/C12H20O/c1-4-5-6-10-7-8-12(2,3)9-11(10)13/h7H,4-6,8-9H2,1-3H3. The lowest BCUT2D eigenvalue weighted by atomic mass is 9.77. The van der Waals surface area contributed by atoms with E-state index in [0.717, 1.165) is 31.3 Å². The highest BCUT2D eigenvalue weighted by molar-refractivity contribution is 5.96. The molecule has 1 aliphatic carbocycles. The topological polar surface area (TPSA) is 17.1 Å². The summed E-state index contributed by atoms with van der Waals surface area (Å²) in [5.74, 6) is 0.379. The van der Waals surface area contributed by atoms with Gasteiger partial charge in [0.25, 0.3) is 0 Å². The SMILES string of the molecule is CCCCC1=CCC(C)(C)CC1=O. The van der Waals surface area contributed by atoms with Gasteiger partial charge in [0.2, 0.25) is 0 Å². The molecule has 74 valence electrons. The molecule has 0 saturated carbocycles. The highest BCUT2D eigenvalue weighted by Gasteiger charge is 2.26. The average molecular weight is 180 g/mol.